The molecule has 0 spiro atoms. The molecule has 0 bridgehead atoms. The van der Waals surface area contributed by atoms with Crippen LogP contribution in [0.25, 0.3) is 0 Å². The second kappa shape index (κ2) is 5.40. The number of amides is 1. The van der Waals surface area contributed by atoms with E-state index in [1.165, 1.54) is 4.90 Å². The number of carbonyl (C=O) groups is 1. The first kappa shape index (κ1) is 14.5. The fourth-order valence-electron chi connectivity index (χ4n) is 3.07. The van der Waals surface area contributed by atoms with E-state index in [0.29, 0.717) is 18.2 Å². The molecule has 2 heterocycles. The van der Waals surface area contributed by atoms with E-state index in [2.05, 4.69) is 4.57 Å². The van der Waals surface area contributed by atoms with E-state index >= 15 is 0 Å². The number of halogens is 2. The summed E-state index contributed by atoms with van der Waals surface area (Å²) in [6.07, 6.45) is -1.43. The SMILES string of the molecule is Cc1cc(C(=O)N2CCO[C@H](C(F)F)C2)c(C)n1C1CC1. The highest BCUT2D eigenvalue weighted by Gasteiger charge is 2.33. The Kier molecular flexibility index (Phi) is 3.73. The van der Waals surface area contributed by atoms with E-state index in [9.17, 15) is 13.6 Å². The molecule has 3 rings (SSSR count). The highest BCUT2D eigenvalue weighted by atomic mass is 19.3. The quantitative estimate of drug-likeness (QED) is 0.859. The minimum absolute atomic E-state index is 0.0381. The molecule has 1 saturated heterocycles. The highest BCUT2D eigenvalue weighted by Crippen LogP contribution is 2.38. The predicted octanol–water partition coefficient (Wildman–Crippen LogP) is 2.55. The van der Waals surface area contributed by atoms with Gasteiger partial charge in [0.15, 0.2) is 0 Å². The lowest BCUT2D eigenvalue weighted by molar-refractivity contribution is -0.0943. The Balaban J connectivity index is 1.80. The van der Waals surface area contributed by atoms with Gasteiger partial charge in [0.25, 0.3) is 12.3 Å². The summed E-state index contributed by atoms with van der Waals surface area (Å²) in [6, 6.07) is 2.38. The normalized spacial score (nSPS) is 22.9. The number of nitrogens with zero attached hydrogens (tertiary/aromatic N) is 2. The van der Waals surface area contributed by atoms with Gasteiger partial charge in [-0.25, -0.2) is 8.78 Å². The van der Waals surface area contributed by atoms with Crippen LogP contribution >= 0.6 is 0 Å². The first-order valence-electron chi connectivity index (χ1n) is 7.36. The molecule has 2 fully saturated rings. The summed E-state index contributed by atoms with van der Waals surface area (Å²) >= 11 is 0. The second-order valence-corrected chi connectivity index (χ2v) is 5.88. The van der Waals surface area contributed by atoms with Crippen molar-refractivity contribution in [2.24, 2.45) is 0 Å². The largest absolute Gasteiger partial charge is 0.369 e. The molecule has 0 aromatic carbocycles. The van der Waals surface area contributed by atoms with Crippen LogP contribution in [0.5, 0.6) is 0 Å². The van der Waals surface area contributed by atoms with Crippen LogP contribution < -0.4 is 0 Å². The van der Waals surface area contributed by atoms with Crippen LogP contribution in [0, 0.1) is 13.8 Å². The monoisotopic (exact) mass is 298 g/mol. The summed E-state index contributed by atoms with van der Waals surface area (Å²) < 4.78 is 32.7. The number of carbonyl (C=O) groups excluding carboxylic acids is 1. The van der Waals surface area contributed by atoms with Crippen molar-refractivity contribution in [1.29, 1.82) is 0 Å². The van der Waals surface area contributed by atoms with E-state index in [4.69, 9.17) is 4.74 Å². The second-order valence-electron chi connectivity index (χ2n) is 5.88. The zero-order valence-electron chi connectivity index (χ0n) is 12.3. The third-order valence-corrected chi connectivity index (χ3v) is 4.29. The van der Waals surface area contributed by atoms with Crippen LogP contribution in [-0.4, -0.2) is 47.6 Å². The summed E-state index contributed by atoms with van der Waals surface area (Å²) in [4.78, 5) is 14.1. The first-order valence-corrected chi connectivity index (χ1v) is 7.36. The van der Waals surface area contributed by atoms with Gasteiger partial charge in [0.1, 0.15) is 6.10 Å². The van der Waals surface area contributed by atoms with Gasteiger partial charge in [0.2, 0.25) is 0 Å². The molecule has 1 amide bonds. The highest BCUT2D eigenvalue weighted by molar-refractivity contribution is 5.95. The van der Waals surface area contributed by atoms with Crippen LogP contribution in [0.4, 0.5) is 8.78 Å². The molecule has 1 aromatic heterocycles. The number of ether oxygens (including phenoxy) is 1. The maximum atomic E-state index is 12.8. The molecule has 1 atom stereocenters. The Labute approximate surface area is 122 Å². The van der Waals surface area contributed by atoms with Gasteiger partial charge in [-0.05, 0) is 32.8 Å². The summed E-state index contributed by atoms with van der Waals surface area (Å²) in [5.41, 5.74) is 2.64. The van der Waals surface area contributed by atoms with E-state index in [1.54, 1.807) is 0 Å². The van der Waals surface area contributed by atoms with Crippen molar-refractivity contribution in [3.8, 4) is 0 Å². The van der Waals surface area contributed by atoms with E-state index in [0.717, 1.165) is 24.2 Å². The van der Waals surface area contributed by atoms with E-state index in [-0.39, 0.29) is 19.1 Å². The lowest BCUT2D eigenvalue weighted by Gasteiger charge is -2.32. The number of rotatable bonds is 3. The standard InChI is InChI=1S/C15H20F2N2O2/c1-9-7-12(10(2)19(9)11-3-4-11)15(20)18-5-6-21-13(8-18)14(16)17/h7,11,13-14H,3-6,8H2,1-2H3/t13-/m0/s1. The van der Waals surface area contributed by atoms with E-state index < -0.39 is 12.5 Å². The maximum Gasteiger partial charge on any atom is 0.266 e. The van der Waals surface area contributed by atoms with Crippen molar-refractivity contribution >= 4 is 5.91 Å². The van der Waals surface area contributed by atoms with Gasteiger partial charge in [-0.3, -0.25) is 4.79 Å². The first-order chi connectivity index (χ1) is 9.99. The maximum absolute atomic E-state index is 12.8. The summed E-state index contributed by atoms with van der Waals surface area (Å²) in [5.74, 6) is -0.163. The van der Waals surface area contributed by atoms with E-state index in [1.807, 2.05) is 19.9 Å². The van der Waals surface area contributed by atoms with Crippen LogP contribution in [0.1, 0.15) is 40.6 Å². The summed E-state index contributed by atoms with van der Waals surface area (Å²) in [6.45, 7) is 4.42. The molecule has 1 aliphatic carbocycles. The molecule has 21 heavy (non-hydrogen) atoms. The van der Waals surface area contributed by atoms with Gasteiger partial charge in [0.05, 0.1) is 18.7 Å². The molecule has 2 aliphatic rings. The van der Waals surface area contributed by atoms with Crippen molar-refractivity contribution in [2.75, 3.05) is 19.7 Å². The molecule has 0 radical (unpaired) electrons. The fourth-order valence-corrected chi connectivity index (χ4v) is 3.07. The molecule has 0 unspecified atom stereocenters. The average Bonchev–Trinajstić information content (AvgIpc) is 3.24. The lowest BCUT2D eigenvalue weighted by atomic mass is 10.2. The van der Waals surface area contributed by atoms with Crippen molar-refractivity contribution in [3.63, 3.8) is 0 Å². The van der Waals surface area contributed by atoms with Gasteiger partial charge in [0, 0.05) is 24.0 Å². The van der Waals surface area contributed by atoms with Crippen LogP contribution in [0.2, 0.25) is 0 Å². The number of hydrogen-bond donors (Lipinski definition) is 0. The molecular formula is C15H20F2N2O2. The number of hydrogen-bond acceptors (Lipinski definition) is 2. The minimum Gasteiger partial charge on any atom is -0.369 e. The topological polar surface area (TPSA) is 34.5 Å². The molecule has 0 N–H and O–H groups in total. The number of alkyl halides is 2. The minimum atomic E-state index is -2.56. The lowest BCUT2D eigenvalue weighted by Crippen LogP contribution is -2.48. The van der Waals surface area contributed by atoms with Crippen molar-refractivity contribution in [2.45, 2.75) is 45.3 Å². The van der Waals surface area contributed by atoms with Gasteiger partial charge >= 0.3 is 0 Å². The Hall–Kier alpha value is -1.43. The summed E-state index contributed by atoms with van der Waals surface area (Å²) in [5, 5.41) is 0. The Morgan fingerprint density at radius 3 is 2.71 bits per heavy atom. The van der Waals surface area contributed by atoms with Crippen LogP contribution in [0.15, 0.2) is 6.07 Å². The zero-order chi connectivity index (χ0) is 15.1. The number of morpholine rings is 1. The van der Waals surface area contributed by atoms with Crippen molar-refractivity contribution < 1.29 is 18.3 Å². The zero-order valence-corrected chi connectivity index (χ0v) is 12.3. The molecule has 4 nitrogen and oxygen atoms in total. The Morgan fingerprint density at radius 1 is 1.38 bits per heavy atom. The predicted molar refractivity (Wildman–Crippen MR) is 73.8 cm³/mol. The average molecular weight is 298 g/mol. The summed E-state index contributed by atoms with van der Waals surface area (Å²) in [7, 11) is 0. The van der Waals surface area contributed by atoms with Gasteiger partial charge in [-0.2, -0.15) is 0 Å². The fraction of sp³-hybridized carbons (Fsp3) is 0.667. The third-order valence-electron chi connectivity index (χ3n) is 4.29. The van der Waals surface area contributed by atoms with Crippen molar-refractivity contribution in [1.82, 2.24) is 9.47 Å². The Bertz CT molecular complexity index is 552. The van der Waals surface area contributed by atoms with Gasteiger partial charge in [-0.15, -0.1) is 0 Å². The molecular weight excluding hydrogens is 278 g/mol. The smallest absolute Gasteiger partial charge is 0.266 e. The van der Waals surface area contributed by atoms with Gasteiger partial charge < -0.3 is 14.2 Å². The molecule has 1 saturated carbocycles. The van der Waals surface area contributed by atoms with Crippen LogP contribution in [-0.2, 0) is 4.74 Å². The molecule has 6 heteroatoms. The number of aromatic nitrogens is 1. The molecule has 1 aromatic rings. The molecule has 1 aliphatic heterocycles. The molecule has 116 valence electrons. The van der Waals surface area contributed by atoms with Crippen molar-refractivity contribution in [3.05, 3.63) is 23.0 Å². The van der Waals surface area contributed by atoms with Crippen LogP contribution in [0.3, 0.4) is 0 Å². The number of aryl methyl sites for hydroxylation is 1. The third kappa shape index (κ3) is 2.69. The van der Waals surface area contributed by atoms with Gasteiger partial charge in [-0.1, -0.05) is 0 Å². The Morgan fingerprint density at radius 2 is 2.10 bits per heavy atom.